The summed E-state index contributed by atoms with van der Waals surface area (Å²) in [6.45, 7) is 0. The number of furan rings is 1. The van der Waals surface area contributed by atoms with E-state index in [1.165, 1.54) is 49.0 Å². The normalized spacial score (nSPS) is 11.6. The molecule has 0 unspecified atom stereocenters. The van der Waals surface area contributed by atoms with Crippen LogP contribution in [-0.2, 0) is 0 Å². The number of benzene rings is 10. The summed E-state index contributed by atoms with van der Waals surface area (Å²) in [4.78, 5) is 10.6. The van der Waals surface area contributed by atoms with E-state index in [-0.39, 0.29) is 0 Å². The third kappa shape index (κ3) is 6.06. The zero-order chi connectivity index (χ0) is 40.3. The molecule has 0 aliphatic rings. The van der Waals surface area contributed by atoms with Crippen LogP contribution in [0.3, 0.4) is 0 Å². The molecule has 10 aromatic carbocycles. The SMILES string of the molecule is c1ccc(-c2ccc(-c3nc(-c4cccc(-c5ccc6c7ccccc7c7ccccc7c6c5)c4)nc4oc5cc(-c6cccc(-c7ccccc7)c6)ccc5c34)cc2)cc1. The van der Waals surface area contributed by atoms with Gasteiger partial charge >= 0.3 is 0 Å². The molecular formula is C58H36N2O. The van der Waals surface area contributed by atoms with Gasteiger partial charge in [0.05, 0.1) is 11.1 Å². The Labute approximate surface area is 352 Å². The van der Waals surface area contributed by atoms with E-state index in [1.807, 2.05) is 12.1 Å². The van der Waals surface area contributed by atoms with Crippen molar-refractivity contribution in [3.05, 3.63) is 218 Å². The molecule has 0 N–H and O–H groups in total. The maximum Gasteiger partial charge on any atom is 0.231 e. The van der Waals surface area contributed by atoms with Crippen LogP contribution in [0.4, 0.5) is 0 Å². The Morgan fingerprint density at radius 3 is 1.31 bits per heavy atom. The zero-order valence-corrected chi connectivity index (χ0v) is 33.1. The molecular weight excluding hydrogens is 741 g/mol. The predicted molar refractivity (Wildman–Crippen MR) is 254 cm³/mol. The van der Waals surface area contributed by atoms with Crippen LogP contribution < -0.4 is 0 Å². The summed E-state index contributed by atoms with van der Waals surface area (Å²) in [7, 11) is 0. The number of rotatable bonds is 6. The van der Waals surface area contributed by atoms with Gasteiger partial charge in [-0.15, -0.1) is 0 Å². The monoisotopic (exact) mass is 776 g/mol. The highest BCUT2D eigenvalue weighted by Gasteiger charge is 2.20. The van der Waals surface area contributed by atoms with Crippen LogP contribution >= 0.6 is 0 Å². The van der Waals surface area contributed by atoms with Gasteiger partial charge in [0, 0.05) is 16.5 Å². The van der Waals surface area contributed by atoms with E-state index < -0.39 is 0 Å². The van der Waals surface area contributed by atoms with Crippen molar-refractivity contribution in [3.8, 4) is 67.2 Å². The van der Waals surface area contributed by atoms with E-state index in [0.717, 1.165) is 61.0 Å². The molecule has 2 aromatic heterocycles. The van der Waals surface area contributed by atoms with Crippen LogP contribution in [-0.4, -0.2) is 9.97 Å². The Balaban J connectivity index is 1.00. The van der Waals surface area contributed by atoms with E-state index in [4.69, 9.17) is 14.4 Å². The molecule has 61 heavy (non-hydrogen) atoms. The van der Waals surface area contributed by atoms with Crippen LogP contribution in [0.1, 0.15) is 0 Å². The van der Waals surface area contributed by atoms with Gasteiger partial charge in [0.25, 0.3) is 0 Å². The minimum Gasteiger partial charge on any atom is -0.438 e. The van der Waals surface area contributed by atoms with E-state index in [9.17, 15) is 0 Å². The smallest absolute Gasteiger partial charge is 0.231 e. The van der Waals surface area contributed by atoms with Crippen LogP contribution in [0.25, 0.3) is 122 Å². The van der Waals surface area contributed by atoms with Crippen molar-refractivity contribution in [2.45, 2.75) is 0 Å². The van der Waals surface area contributed by atoms with Crippen LogP contribution in [0.5, 0.6) is 0 Å². The van der Waals surface area contributed by atoms with E-state index in [2.05, 4.69) is 206 Å². The molecule has 12 rings (SSSR count). The lowest BCUT2D eigenvalue weighted by Crippen LogP contribution is -1.94. The van der Waals surface area contributed by atoms with Gasteiger partial charge in [0.1, 0.15) is 5.58 Å². The molecule has 2 heterocycles. The second-order valence-corrected chi connectivity index (χ2v) is 15.7. The first-order valence-corrected chi connectivity index (χ1v) is 20.7. The average molecular weight is 777 g/mol. The predicted octanol–water partition coefficient (Wildman–Crippen LogP) is 15.8. The molecule has 3 nitrogen and oxygen atoms in total. The van der Waals surface area contributed by atoms with E-state index >= 15 is 0 Å². The molecule has 0 bridgehead atoms. The molecule has 0 atom stereocenters. The summed E-state index contributed by atoms with van der Waals surface area (Å²) in [5.74, 6) is 0.614. The molecule has 0 aliphatic carbocycles. The van der Waals surface area contributed by atoms with E-state index in [0.29, 0.717) is 11.5 Å². The van der Waals surface area contributed by atoms with Crippen LogP contribution in [0.2, 0.25) is 0 Å². The molecule has 0 aliphatic heterocycles. The highest BCUT2D eigenvalue weighted by Crippen LogP contribution is 2.41. The lowest BCUT2D eigenvalue weighted by atomic mass is 9.92. The third-order valence-electron chi connectivity index (χ3n) is 12.1. The highest BCUT2D eigenvalue weighted by atomic mass is 16.3. The molecule has 0 radical (unpaired) electrons. The fraction of sp³-hybridized carbons (Fsp3) is 0. The van der Waals surface area contributed by atoms with Crippen molar-refractivity contribution in [2.24, 2.45) is 0 Å². The molecule has 284 valence electrons. The Bertz CT molecular complexity index is 3590. The maximum atomic E-state index is 6.73. The van der Waals surface area contributed by atoms with Crippen LogP contribution in [0.15, 0.2) is 223 Å². The largest absolute Gasteiger partial charge is 0.438 e. The molecule has 0 saturated heterocycles. The summed E-state index contributed by atoms with van der Waals surface area (Å²) in [5, 5.41) is 9.44. The number of fused-ring (bicyclic) bond motifs is 9. The van der Waals surface area contributed by atoms with Crippen LogP contribution in [0, 0.1) is 0 Å². The second-order valence-electron chi connectivity index (χ2n) is 15.7. The number of nitrogens with zero attached hydrogens (tertiary/aromatic N) is 2. The van der Waals surface area contributed by atoms with Crippen molar-refractivity contribution in [1.82, 2.24) is 9.97 Å². The first-order valence-electron chi connectivity index (χ1n) is 20.7. The molecule has 12 aromatic rings. The first kappa shape index (κ1) is 34.9. The third-order valence-corrected chi connectivity index (χ3v) is 12.1. The lowest BCUT2D eigenvalue weighted by Gasteiger charge is -2.12. The Kier molecular flexibility index (Phi) is 8.17. The van der Waals surface area contributed by atoms with Crippen molar-refractivity contribution >= 4 is 54.4 Å². The molecule has 0 spiro atoms. The maximum absolute atomic E-state index is 6.73. The summed E-state index contributed by atoms with van der Waals surface area (Å²) in [5.41, 5.74) is 13.2. The van der Waals surface area contributed by atoms with E-state index in [1.54, 1.807) is 0 Å². The van der Waals surface area contributed by atoms with Gasteiger partial charge in [0.2, 0.25) is 5.71 Å². The molecule has 0 amide bonds. The van der Waals surface area contributed by atoms with Gasteiger partial charge in [-0.25, -0.2) is 4.98 Å². The van der Waals surface area contributed by atoms with Gasteiger partial charge in [0.15, 0.2) is 5.82 Å². The van der Waals surface area contributed by atoms with Crippen molar-refractivity contribution in [2.75, 3.05) is 0 Å². The minimum atomic E-state index is 0.562. The quantitative estimate of drug-likeness (QED) is 0.158. The Morgan fingerprint density at radius 1 is 0.262 bits per heavy atom. The zero-order valence-electron chi connectivity index (χ0n) is 33.1. The Hall–Kier alpha value is -8.14. The second kappa shape index (κ2) is 14.3. The summed E-state index contributed by atoms with van der Waals surface area (Å²) in [6.07, 6.45) is 0. The van der Waals surface area contributed by atoms with Gasteiger partial charge in [-0.1, -0.05) is 188 Å². The average Bonchev–Trinajstić information content (AvgIpc) is 3.72. The fourth-order valence-electron chi connectivity index (χ4n) is 9.08. The first-order chi connectivity index (χ1) is 30.2. The van der Waals surface area contributed by atoms with Gasteiger partial charge in [-0.05, 0) is 107 Å². The summed E-state index contributed by atoms with van der Waals surface area (Å²) >= 11 is 0. The minimum absolute atomic E-state index is 0.562. The standard InChI is InChI=1S/C58H36N2O/c1-3-13-37(14-4-1)39-25-27-40(28-26-39)56-55-52-32-30-45(42-18-11-17-41(33-42)38-15-5-2-6-16-38)36-54(52)61-58(55)60-57(59-56)46-20-12-19-43(34-46)44-29-31-51-49-23-8-7-21-47(49)48-22-9-10-24-50(48)53(51)35-44/h1-36H. The molecule has 0 fully saturated rings. The fourth-order valence-corrected chi connectivity index (χ4v) is 9.08. The van der Waals surface area contributed by atoms with Crippen molar-refractivity contribution in [1.29, 1.82) is 0 Å². The topological polar surface area (TPSA) is 38.9 Å². The van der Waals surface area contributed by atoms with Gasteiger partial charge < -0.3 is 4.42 Å². The van der Waals surface area contributed by atoms with Gasteiger partial charge in [-0.3, -0.25) is 0 Å². The summed E-state index contributed by atoms with van der Waals surface area (Å²) < 4.78 is 6.73. The number of aromatic nitrogens is 2. The summed E-state index contributed by atoms with van der Waals surface area (Å²) in [6, 6.07) is 77.6. The highest BCUT2D eigenvalue weighted by molar-refractivity contribution is 6.25. The van der Waals surface area contributed by atoms with Gasteiger partial charge in [-0.2, -0.15) is 4.98 Å². The number of hydrogen-bond acceptors (Lipinski definition) is 3. The number of hydrogen-bond donors (Lipinski definition) is 0. The van der Waals surface area contributed by atoms with Crippen molar-refractivity contribution in [3.63, 3.8) is 0 Å². The molecule has 3 heteroatoms. The lowest BCUT2D eigenvalue weighted by molar-refractivity contribution is 0.654. The van der Waals surface area contributed by atoms with Crippen molar-refractivity contribution < 1.29 is 4.42 Å². The molecule has 0 saturated carbocycles. The Morgan fingerprint density at radius 2 is 0.672 bits per heavy atom.